The fraction of sp³-hybridized carbons (Fsp3) is 0.818. The molecule has 100 valence electrons. The molecule has 0 aromatic carbocycles. The SMILES string of the molecule is CS[C@@]1([C-]=O)CCN(C(=O)OC(C)(C)C)C1.[Li+].[OH-]. The molecule has 7 heteroatoms. The monoisotopic (exact) mass is 268 g/mol. The van der Waals surface area contributed by atoms with E-state index in [1.165, 1.54) is 11.8 Å². The Kier molecular flexibility index (Phi) is 8.34. The van der Waals surface area contributed by atoms with E-state index in [4.69, 9.17) is 4.74 Å². The normalized spacial score (nSPS) is 22.8. The van der Waals surface area contributed by atoms with Crippen LogP contribution in [0.15, 0.2) is 0 Å². The van der Waals surface area contributed by atoms with Crippen molar-refractivity contribution in [1.29, 1.82) is 0 Å². The van der Waals surface area contributed by atoms with E-state index in [1.54, 1.807) is 4.90 Å². The molecule has 5 nitrogen and oxygen atoms in total. The first kappa shape index (κ1) is 20.2. The standard InChI is InChI=1S/C11H18NO3S.Li.H2O/c1-10(2,3)15-9(14)12-6-5-11(7-12,8-13)16-4;;/h5-7H2,1-4H3;;1H2/q-1;+1;/p-1/t11-;;/m0../s1. The largest absolute Gasteiger partial charge is 1.00 e. The third-order valence-corrected chi connectivity index (χ3v) is 3.66. The quantitative estimate of drug-likeness (QED) is 0.458. The van der Waals surface area contributed by atoms with E-state index in [0.29, 0.717) is 19.5 Å². The third-order valence-electron chi connectivity index (χ3n) is 2.46. The molecule has 0 radical (unpaired) electrons. The minimum Gasteiger partial charge on any atom is -0.870 e. The molecule has 1 rings (SSSR count). The molecule has 1 atom stereocenters. The molecule has 0 aromatic heterocycles. The van der Waals surface area contributed by atoms with E-state index in [2.05, 4.69) is 0 Å². The number of ether oxygens (including phenoxy) is 1. The molecule has 1 aliphatic heterocycles. The van der Waals surface area contributed by atoms with Gasteiger partial charge in [0, 0.05) is 13.1 Å². The van der Waals surface area contributed by atoms with Crippen molar-refractivity contribution in [2.24, 2.45) is 0 Å². The summed E-state index contributed by atoms with van der Waals surface area (Å²) in [6.07, 6.45) is 4.20. The Bertz CT molecular complexity index is 295. The Morgan fingerprint density at radius 2 is 2.00 bits per heavy atom. The van der Waals surface area contributed by atoms with Gasteiger partial charge in [-0.3, -0.25) is 0 Å². The predicted molar refractivity (Wildman–Crippen MR) is 66.3 cm³/mol. The first-order chi connectivity index (χ1) is 7.32. The van der Waals surface area contributed by atoms with Crippen molar-refractivity contribution < 1.29 is 38.7 Å². The van der Waals surface area contributed by atoms with E-state index in [-0.39, 0.29) is 30.4 Å². The van der Waals surface area contributed by atoms with Crippen molar-refractivity contribution >= 4 is 24.1 Å². The van der Waals surface area contributed by atoms with Crippen LogP contribution < -0.4 is 18.9 Å². The van der Waals surface area contributed by atoms with Crippen molar-refractivity contribution in [2.45, 2.75) is 37.5 Å². The zero-order valence-corrected chi connectivity index (χ0v) is 12.5. The topological polar surface area (TPSA) is 76.6 Å². The Hall–Kier alpha value is -0.153. The summed E-state index contributed by atoms with van der Waals surface area (Å²) in [5, 5.41) is 0. The molecule has 0 spiro atoms. The van der Waals surface area contributed by atoms with Gasteiger partial charge in [0.25, 0.3) is 0 Å². The molecule has 1 N–H and O–H groups in total. The van der Waals surface area contributed by atoms with Crippen LogP contribution in [0.4, 0.5) is 4.79 Å². The number of nitrogens with zero attached hydrogens (tertiary/aromatic N) is 1. The summed E-state index contributed by atoms with van der Waals surface area (Å²) < 4.78 is 4.69. The number of thioether (sulfide) groups is 1. The molecular formula is C11H19LiNO4S-. The number of hydrogen-bond donors (Lipinski definition) is 0. The van der Waals surface area contributed by atoms with E-state index in [1.807, 2.05) is 33.3 Å². The second kappa shape index (κ2) is 7.44. The summed E-state index contributed by atoms with van der Waals surface area (Å²) in [7, 11) is 0. The molecule has 0 saturated carbocycles. The number of carbonyl (C=O) groups is 1. The van der Waals surface area contributed by atoms with Crippen molar-refractivity contribution in [3.63, 3.8) is 0 Å². The van der Waals surface area contributed by atoms with Gasteiger partial charge in [0.2, 0.25) is 0 Å². The van der Waals surface area contributed by atoms with Crippen LogP contribution >= 0.6 is 11.8 Å². The summed E-state index contributed by atoms with van der Waals surface area (Å²) in [4.78, 5) is 24.2. The number of likely N-dealkylation sites (tertiary alicyclic amines) is 1. The minimum absolute atomic E-state index is 0. The van der Waals surface area contributed by atoms with E-state index >= 15 is 0 Å². The van der Waals surface area contributed by atoms with Crippen molar-refractivity contribution in [3.8, 4) is 0 Å². The molecule has 0 aromatic rings. The summed E-state index contributed by atoms with van der Waals surface area (Å²) in [5.41, 5.74) is -0.493. The zero-order chi connectivity index (χ0) is 12.4. The van der Waals surface area contributed by atoms with E-state index < -0.39 is 10.3 Å². The Labute approximate surface area is 124 Å². The van der Waals surface area contributed by atoms with Crippen LogP contribution in [0.1, 0.15) is 27.2 Å². The Morgan fingerprint density at radius 3 is 2.33 bits per heavy atom. The Morgan fingerprint density at radius 1 is 1.44 bits per heavy atom. The molecule has 1 amide bonds. The second-order valence-corrected chi connectivity index (χ2v) is 6.14. The molecule has 1 saturated heterocycles. The molecule has 0 unspecified atom stereocenters. The number of carbonyl (C=O) groups excluding carboxylic acids is 2. The van der Waals surface area contributed by atoms with Gasteiger partial charge in [0.1, 0.15) is 5.60 Å². The van der Waals surface area contributed by atoms with E-state index in [0.717, 1.165) is 0 Å². The molecule has 0 aliphatic carbocycles. The van der Waals surface area contributed by atoms with Crippen LogP contribution in [0.25, 0.3) is 0 Å². The van der Waals surface area contributed by atoms with Crippen LogP contribution in [0.2, 0.25) is 0 Å². The second-order valence-electron chi connectivity index (χ2n) is 4.95. The average molecular weight is 268 g/mol. The van der Waals surface area contributed by atoms with Gasteiger partial charge >= 0.3 is 25.0 Å². The Balaban J connectivity index is 0. The van der Waals surface area contributed by atoms with Gasteiger partial charge < -0.3 is 19.9 Å². The zero-order valence-electron chi connectivity index (χ0n) is 11.6. The minimum atomic E-state index is -0.559. The van der Waals surface area contributed by atoms with Gasteiger partial charge in [-0.2, -0.15) is 11.8 Å². The summed E-state index contributed by atoms with van der Waals surface area (Å²) in [6.45, 7) is 6.44. The fourth-order valence-electron chi connectivity index (χ4n) is 1.56. The fourth-order valence-corrected chi connectivity index (χ4v) is 2.22. The van der Waals surface area contributed by atoms with E-state index in [9.17, 15) is 9.59 Å². The maximum absolute atomic E-state index is 11.7. The van der Waals surface area contributed by atoms with Crippen LogP contribution in [-0.2, 0) is 9.53 Å². The smallest absolute Gasteiger partial charge is 0.870 e. The first-order valence-electron chi connectivity index (χ1n) is 5.24. The molecule has 1 fully saturated rings. The van der Waals surface area contributed by atoms with Gasteiger partial charge in [0.15, 0.2) is 0 Å². The number of rotatable bonds is 2. The van der Waals surface area contributed by atoms with Gasteiger partial charge in [-0.25, -0.2) is 11.1 Å². The summed E-state index contributed by atoms with van der Waals surface area (Å²) in [5.74, 6) is 0. The summed E-state index contributed by atoms with van der Waals surface area (Å²) in [6, 6.07) is 0. The van der Waals surface area contributed by atoms with Crippen LogP contribution in [0, 0.1) is 0 Å². The molecular weight excluding hydrogens is 249 g/mol. The van der Waals surface area contributed by atoms with Crippen LogP contribution in [0.3, 0.4) is 0 Å². The summed E-state index contributed by atoms with van der Waals surface area (Å²) >= 11 is 1.45. The average Bonchev–Trinajstić information content (AvgIpc) is 2.60. The molecule has 18 heavy (non-hydrogen) atoms. The van der Waals surface area contributed by atoms with Crippen LogP contribution in [-0.4, -0.2) is 52.4 Å². The first-order valence-corrected chi connectivity index (χ1v) is 6.47. The van der Waals surface area contributed by atoms with Crippen molar-refractivity contribution in [2.75, 3.05) is 19.3 Å². The van der Waals surface area contributed by atoms with Gasteiger partial charge in [-0.15, -0.1) is 0 Å². The molecule has 0 bridgehead atoms. The number of amides is 1. The van der Waals surface area contributed by atoms with Gasteiger partial charge in [0.05, 0.1) is 0 Å². The van der Waals surface area contributed by atoms with Crippen molar-refractivity contribution in [3.05, 3.63) is 0 Å². The third kappa shape index (κ3) is 5.23. The maximum Gasteiger partial charge on any atom is 1.00 e. The molecule has 1 aliphatic rings. The van der Waals surface area contributed by atoms with Crippen LogP contribution in [0.5, 0.6) is 0 Å². The number of hydrogen-bond acceptors (Lipinski definition) is 5. The predicted octanol–water partition coefficient (Wildman–Crippen LogP) is -1.33. The van der Waals surface area contributed by atoms with Crippen molar-refractivity contribution in [1.82, 2.24) is 4.90 Å². The molecule has 1 heterocycles. The van der Waals surface area contributed by atoms with Gasteiger partial charge in [-0.05, 0) is 33.4 Å². The van der Waals surface area contributed by atoms with Gasteiger partial charge in [-0.1, -0.05) is 4.75 Å². The maximum atomic E-state index is 11.7.